The first kappa shape index (κ1) is 20.4. The summed E-state index contributed by atoms with van der Waals surface area (Å²) in [5.74, 6) is 1.17. The molecule has 4 rings (SSSR count). The van der Waals surface area contributed by atoms with Gasteiger partial charge in [-0.25, -0.2) is 0 Å². The van der Waals surface area contributed by atoms with Gasteiger partial charge in [0.15, 0.2) is 5.11 Å². The highest BCUT2D eigenvalue weighted by Gasteiger charge is 2.41. The SMILES string of the molecule is COC(=O)CCN1C(=S)N[C@@H](c2ccccn2)[C@@H]1c1ccc(-c2ccc(Cl)cc2)o1. The van der Waals surface area contributed by atoms with E-state index in [0.29, 0.717) is 16.7 Å². The van der Waals surface area contributed by atoms with E-state index in [-0.39, 0.29) is 24.5 Å². The molecule has 0 amide bonds. The monoisotopic (exact) mass is 441 g/mol. The second-order valence-corrected chi connectivity index (χ2v) is 7.68. The lowest BCUT2D eigenvalue weighted by Crippen LogP contribution is -2.31. The van der Waals surface area contributed by atoms with Crippen molar-refractivity contribution in [2.45, 2.75) is 18.5 Å². The molecular formula is C22H20ClN3O3S. The Bertz CT molecular complexity index is 1040. The van der Waals surface area contributed by atoms with Crippen LogP contribution in [0.25, 0.3) is 11.3 Å². The van der Waals surface area contributed by atoms with Gasteiger partial charge >= 0.3 is 5.97 Å². The van der Waals surface area contributed by atoms with Crippen LogP contribution in [0.2, 0.25) is 5.02 Å². The van der Waals surface area contributed by atoms with Gasteiger partial charge in [0.05, 0.1) is 25.3 Å². The van der Waals surface area contributed by atoms with E-state index in [9.17, 15) is 4.79 Å². The largest absolute Gasteiger partial charge is 0.469 e. The van der Waals surface area contributed by atoms with Crippen molar-refractivity contribution in [3.8, 4) is 11.3 Å². The van der Waals surface area contributed by atoms with Crippen molar-refractivity contribution in [2.75, 3.05) is 13.7 Å². The lowest BCUT2D eigenvalue weighted by molar-refractivity contribution is -0.140. The molecular weight excluding hydrogens is 422 g/mol. The minimum absolute atomic E-state index is 0.208. The first-order chi connectivity index (χ1) is 14.6. The molecule has 0 unspecified atom stereocenters. The van der Waals surface area contributed by atoms with Crippen molar-refractivity contribution < 1.29 is 13.9 Å². The fraction of sp³-hybridized carbons (Fsp3) is 0.227. The average Bonchev–Trinajstić information content (AvgIpc) is 3.37. The van der Waals surface area contributed by atoms with Crippen LogP contribution in [0.4, 0.5) is 0 Å². The maximum atomic E-state index is 11.7. The van der Waals surface area contributed by atoms with Crippen LogP contribution < -0.4 is 5.32 Å². The van der Waals surface area contributed by atoms with Gasteiger partial charge in [-0.1, -0.05) is 17.7 Å². The van der Waals surface area contributed by atoms with Gasteiger partial charge in [0.2, 0.25) is 0 Å². The maximum absolute atomic E-state index is 11.7. The predicted molar refractivity (Wildman–Crippen MR) is 118 cm³/mol. The van der Waals surface area contributed by atoms with Gasteiger partial charge in [0.1, 0.15) is 17.6 Å². The Labute approximate surface area is 184 Å². The van der Waals surface area contributed by atoms with Crippen LogP contribution in [0.3, 0.4) is 0 Å². The molecule has 0 aliphatic carbocycles. The molecule has 8 heteroatoms. The smallest absolute Gasteiger partial charge is 0.307 e. The maximum Gasteiger partial charge on any atom is 0.307 e. The number of benzene rings is 1. The molecule has 0 saturated carbocycles. The molecule has 2 aromatic heterocycles. The molecule has 6 nitrogen and oxygen atoms in total. The lowest BCUT2D eigenvalue weighted by Gasteiger charge is -2.25. The molecule has 154 valence electrons. The van der Waals surface area contributed by atoms with E-state index in [4.69, 9.17) is 33.0 Å². The second-order valence-electron chi connectivity index (χ2n) is 6.86. The van der Waals surface area contributed by atoms with Crippen molar-refractivity contribution in [3.05, 3.63) is 77.3 Å². The molecule has 1 aliphatic rings. The van der Waals surface area contributed by atoms with Gasteiger partial charge in [-0.15, -0.1) is 0 Å². The van der Waals surface area contributed by atoms with Crippen molar-refractivity contribution >= 4 is 34.9 Å². The zero-order valence-corrected chi connectivity index (χ0v) is 17.8. The summed E-state index contributed by atoms with van der Waals surface area (Å²) in [7, 11) is 1.38. The quantitative estimate of drug-likeness (QED) is 0.445. The molecule has 3 aromatic rings. The van der Waals surface area contributed by atoms with Crippen molar-refractivity contribution in [1.29, 1.82) is 0 Å². The van der Waals surface area contributed by atoms with Crippen molar-refractivity contribution in [1.82, 2.24) is 15.2 Å². The van der Waals surface area contributed by atoms with Crippen LogP contribution in [0.15, 0.2) is 65.2 Å². The Kier molecular flexibility index (Phi) is 6.01. The molecule has 1 aliphatic heterocycles. The summed E-state index contributed by atoms with van der Waals surface area (Å²) >= 11 is 11.6. The predicted octanol–water partition coefficient (Wildman–Crippen LogP) is 4.53. The summed E-state index contributed by atoms with van der Waals surface area (Å²) < 4.78 is 11.0. The van der Waals surface area contributed by atoms with Gasteiger partial charge in [-0.2, -0.15) is 0 Å². The number of nitrogens with one attached hydrogen (secondary N) is 1. The number of thiocarbonyl (C=S) groups is 1. The molecule has 1 saturated heterocycles. The Balaban J connectivity index is 1.68. The molecule has 2 atom stereocenters. The van der Waals surface area contributed by atoms with E-state index in [1.54, 1.807) is 6.20 Å². The molecule has 1 fully saturated rings. The summed E-state index contributed by atoms with van der Waals surface area (Å²) in [6.45, 7) is 0.406. The van der Waals surface area contributed by atoms with Crippen molar-refractivity contribution in [2.24, 2.45) is 0 Å². The zero-order chi connectivity index (χ0) is 21.1. The number of esters is 1. The number of pyridine rings is 1. The van der Waals surface area contributed by atoms with Crippen LogP contribution >= 0.6 is 23.8 Å². The minimum atomic E-state index is -0.292. The number of methoxy groups -OCH3 is 1. The van der Waals surface area contributed by atoms with Gasteiger partial charge < -0.3 is 19.4 Å². The summed E-state index contributed by atoms with van der Waals surface area (Å²) in [5.41, 5.74) is 1.77. The lowest BCUT2D eigenvalue weighted by atomic mass is 10.0. The van der Waals surface area contributed by atoms with Gasteiger partial charge in [0.25, 0.3) is 0 Å². The van der Waals surface area contributed by atoms with E-state index in [0.717, 1.165) is 22.8 Å². The fourth-order valence-electron chi connectivity index (χ4n) is 3.55. The molecule has 0 radical (unpaired) electrons. The number of halogens is 1. The molecule has 3 heterocycles. The van der Waals surface area contributed by atoms with Gasteiger partial charge in [-0.3, -0.25) is 9.78 Å². The van der Waals surface area contributed by atoms with E-state index >= 15 is 0 Å². The number of furan rings is 1. The second kappa shape index (κ2) is 8.85. The Morgan fingerprint density at radius 2 is 2.03 bits per heavy atom. The summed E-state index contributed by atoms with van der Waals surface area (Å²) in [6.07, 6.45) is 1.96. The van der Waals surface area contributed by atoms with Crippen LogP contribution in [-0.2, 0) is 9.53 Å². The summed E-state index contributed by atoms with van der Waals surface area (Å²) in [4.78, 5) is 18.2. The standard InChI is InChI=1S/C22H20ClN3O3S/c1-28-19(27)11-13-26-21(20(25-22(26)30)16-4-2-3-12-24-16)18-10-9-17(29-18)14-5-7-15(23)8-6-14/h2-10,12,20-21H,11,13H2,1H3,(H,25,30)/t20-,21-/m0/s1. The van der Waals surface area contributed by atoms with Gasteiger partial charge in [-0.05, 0) is 60.7 Å². The number of nitrogens with zero attached hydrogens (tertiary/aromatic N) is 2. The highest BCUT2D eigenvalue weighted by Crippen LogP contribution is 2.40. The third kappa shape index (κ3) is 4.17. The van der Waals surface area contributed by atoms with E-state index in [1.807, 2.05) is 59.5 Å². The molecule has 1 aromatic carbocycles. The van der Waals surface area contributed by atoms with Crippen LogP contribution in [0, 0.1) is 0 Å². The van der Waals surface area contributed by atoms with Crippen LogP contribution in [-0.4, -0.2) is 34.6 Å². The number of ether oxygens (including phenoxy) is 1. The zero-order valence-electron chi connectivity index (χ0n) is 16.2. The molecule has 0 bridgehead atoms. The Hall–Kier alpha value is -2.90. The Morgan fingerprint density at radius 3 is 2.73 bits per heavy atom. The normalized spacial score (nSPS) is 18.3. The number of aromatic nitrogens is 1. The number of rotatable bonds is 6. The van der Waals surface area contributed by atoms with Crippen LogP contribution in [0.1, 0.15) is 30.0 Å². The first-order valence-electron chi connectivity index (χ1n) is 9.47. The topological polar surface area (TPSA) is 67.6 Å². The summed E-state index contributed by atoms with van der Waals surface area (Å²) in [6, 6.07) is 16.6. The third-order valence-electron chi connectivity index (χ3n) is 5.03. The van der Waals surface area contributed by atoms with E-state index < -0.39 is 0 Å². The number of hydrogen-bond donors (Lipinski definition) is 1. The summed E-state index contributed by atoms with van der Waals surface area (Å²) in [5, 5.41) is 4.54. The van der Waals surface area contributed by atoms with Gasteiger partial charge in [0, 0.05) is 23.3 Å². The number of carbonyl (C=O) groups is 1. The van der Waals surface area contributed by atoms with E-state index in [1.165, 1.54) is 7.11 Å². The highest BCUT2D eigenvalue weighted by molar-refractivity contribution is 7.80. The highest BCUT2D eigenvalue weighted by atomic mass is 35.5. The minimum Gasteiger partial charge on any atom is -0.469 e. The first-order valence-corrected chi connectivity index (χ1v) is 10.3. The molecule has 30 heavy (non-hydrogen) atoms. The fourth-order valence-corrected chi connectivity index (χ4v) is 4.01. The Morgan fingerprint density at radius 1 is 1.23 bits per heavy atom. The number of hydrogen-bond acceptors (Lipinski definition) is 5. The number of carbonyl (C=O) groups excluding carboxylic acids is 1. The van der Waals surface area contributed by atoms with E-state index in [2.05, 4.69) is 10.3 Å². The van der Waals surface area contributed by atoms with Crippen molar-refractivity contribution in [3.63, 3.8) is 0 Å². The molecule has 0 spiro atoms. The third-order valence-corrected chi connectivity index (χ3v) is 5.63. The average molecular weight is 442 g/mol. The van der Waals surface area contributed by atoms with Crippen LogP contribution in [0.5, 0.6) is 0 Å². The molecule has 1 N–H and O–H groups in total.